The zero-order valence-corrected chi connectivity index (χ0v) is 13.8. The van der Waals surface area contributed by atoms with Crippen LogP contribution >= 0.6 is 0 Å². The van der Waals surface area contributed by atoms with Gasteiger partial charge in [-0.2, -0.15) is 16.8 Å². The van der Waals surface area contributed by atoms with Gasteiger partial charge in [0, 0.05) is 0 Å². The Morgan fingerprint density at radius 1 is 0.941 bits per heavy atom. The van der Waals surface area contributed by atoms with Crippen molar-refractivity contribution in [3.63, 3.8) is 0 Å². The van der Waals surface area contributed by atoms with Crippen molar-refractivity contribution in [1.29, 1.82) is 0 Å². The van der Waals surface area contributed by atoms with Crippen molar-refractivity contribution in [2.75, 3.05) is 0 Å². The quantitative estimate of drug-likeness (QED) is 0.323. The molecule has 0 aliphatic rings. The Morgan fingerprint density at radius 3 is 1.71 bits per heavy atom. The fourth-order valence-corrected chi connectivity index (χ4v) is 3.52. The minimum atomic E-state index is -4.75. The van der Waals surface area contributed by atoms with Crippen LogP contribution in [0.1, 0.15) is 46.9 Å². The predicted octanol–water partition coefficient (Wildman–Crippen LogP) is -1.43. The van der Waals surface area contributed by atoms with Gasteiger partial charge in [0.25, 0.3) is 20.2 Å². The van der Waals surface area contributed by atoms with E-state index in [1.807, 2.05) is 6.92 Å². The molecule has 17 heavy (non-hydrogen) atoms. The number of rotatable bonds is 8. The molecule has 0 saturated heterocycles. The third kappa shape index (κ3) is 9.40. The third-order valence-electron chi connectivity index (χ3n) is 2.21. The van der Waals surface area contributed by atoms with Crippen molar-refractivity contribution < 1.29 is 56.9 Å². The second-order valence-electron chi connectivity index (χ2n) is 3.66. The molecule has 9 heteroatoms. The minimum Gasteiger partial charge on any atom is -1.00 e. The fraction of sp³-hybridized carbons (Fsp3) is 1.00. The third-order valence-corrected chi connectivity index (χ3v) is 5.47. The standard InChI is InChI=1S/C8H18O6S2.Na.H/c1-2-3-4-5-6-7-8(15(9,10)11)16(12,13)14;;/h8H,2-7H2,1H3,(H,9,10,11)(H,12,13,14);;/q;+1;-1. The average molecular weight is 298 g/mol. The molecule has 0 atom stereocenters. The van der Waals surface area contributed by atoms with Gasteiger partial charge in [-0.1, -0.05) is 39.0 Å². The molecule has 0 rings (SSSR count). The Balaban J connectivity index is -0.00000112. The van der Waals surface area contributed by atoms with Crippen molar-refractivity contribution in [3.05, 3.63) is 0 Å². The van der Waals surface area contributed by atoms with Crippen LogP contribution in [0.5, 0.6) is 0 Å². The van der Waals surface area contributed by atoms with Crippen LogP contribution < -0.4 is 29.6 Å². The van der Waals surface area contributed by atoms with Crippen molar-refractivity contribution in [1.82, 2.24) is 0 Å². The molecule has 0 aromatic heterocycles. The van der Waals surface area contributed by atoms with E-state index in [0.29, 0.717) is 12.8 Å². The van der Waals surface area contributed by atoms with Gasteiger partial charge in [-0.15, -0.1) is 0 Å². The summed E-state index contributed by atoms with van der Waals surface area (Å²) in [5.74, 6) is 0. The molecule has 0 bridgehead atoms. The molecule has 0 radical (unpaired) electrons. The van der Waals surface area contributed by atoms with Gasteiger partial charge in [0.1, 0.15) is 0 Å². The van der Waals surface area contributed by atoms with E-state index in [4.69, 9.17) is 9.11 Å². The molecule has 0 heterocycles. The Bertz CT molecular complexity index is 362. The average Bonchev–Trinajstić information content (AvgIpc) is 2.06. The topological polar surface area (TPSA) is 109 Å². The van der Waals surface area contributed by atoms with Gasteiger partial charge in [-0.3, -0.25) is 9.11 Å². The largest absolute Gasteiger partial charge is 1.00 e. The van der Waals surface area contributed by atoms with E-state index in [9.17, 15) is 16.8 Å². The second-order valence-corrected chi connectivity index (χ2v) is 7.16. The first-order valence-electron chi connectivity index (χ1n) is 5.12. The van der Waals surface area contributed by atoms with Crippen molar-refractivity contribution >= 4 is 20.2 Å². The van der Waals surface area contributed by atoms with Crippen LogP contribution in [0.15, 0.2) is 0 Å². The van der Waals surface area contributed by atoms with Crippen LogP contribution in [-0.2, 0) is 20.2 Å². The Morgan fingerprint density at radius 2 is 1.35 bits per heavy atom. The first kappa shape index (κ1) is 20.1. The van der Waals surface area contributed by atoms with Gasteiger partial charge in [-0.05, 0) is 6.42 Å². The second kappa shape index (κ2) is 8.84. The summed E-state index contributed by atoms with van der Waals surface area (Å²) in [7, 11) is -9.51. The van der Waals surface area contributed by atoms with Crippen molar-refractivity contribution in [2.24, 2.45) is 0 Å². The van der Waals surface area contributed by atoms with Gasteiger partial charge in [0.15, 0.2) is 0 Å². The zero-order chi connectivity index (χ0) is 12.8. The summed E-state index contributed by atoms with van der Waals surface area (Å²) < 4.78 is 58.0. The molecular weight excluding hydrogens is 279 g/mol. The molecule has 0 aliphatic heterocycles. The van der Waals surface area contributed by atoms with E-state index in [0.717, 1.165) is 19.3 Å². The molecule has 2 N–H and O–H groups in total. The predicted molar refractivity (Wildman–Crippen MR) is 61.4 cm³/mol. The molecule has 0 amide bonds. The Kier molecular flexibility index (Phi) is 10.5. The minimum absolute atomic E-state index is 0. The smallest absolute Gasteiger partial charge is 1.00 e. The zero-order valence-electron chi connectivity index (χ0n) is 11.2. The Labute approximate surface area is 126 Å². The SMILES string of the molecule is CCCCCCCC(S(=O)(=O)O)S(=O)(=O)O.[H-].[Na+]. The molecule has 0 unspecified atom stereocenters. The van der Waals surface area contributed by atoms with E-state index in [2.05, 4.69) is 0 Å². The van der Waals surface area contributed by atoms with Crippen molar-refractivity contribution in [2.45, 2.75) is 50.0 Å². The summed E-state index contributed by atoms with van der Waals surface area (Å²) >= 11 is 0. The van der Waals surface area contributed by atoms with E-state index in [1.165, 1.54) is 0 Å². The van der Waals surface area contributed by atoms with Crippen LogP contribution in [-0.4, -0.2) is 30.5 Å². The number of hydrogen-bond donors (Lipinski definition) is 2. The molecule has 0 aliphatic carbocycles. The van der Waals surface area contributed by atoms with Crippen molar-refractivity contribution in [3.8, 4) is 0 Å². The van der Waals surface area contributed by atoms with Gasteiger partial charge < -0.3 is 1.43 Å². The normalized spacial score (nSPS) is 12.5. The van der Waals surface area contributed by atoms with Crippen LogP contribution in [0.2, 0.25) is 0 Å². The fourth-order valence-electron chi connectivity index (χ4n) is 1.37. The molecule has 6 nitrogen and oxygen atoms in total. The van der Waals surface area contributed by atoms with E-state index in [1.54, 1.807) is 0 Å². The Hall–Kier alpha value is 0.820. The molecule has 100 valence electrons. The first-order valence-corrected chi connectivity index (χ1v) is 8.13. The maximum absolute atomic E-state index is 10.7. The maximum atomic E-state index is 10.7. The molecule has 0 fully saturated rings. The van der Waals surface area contributed by atoms with Gasteiger partial charge in [-0.25, -0.2) is 0 Å². The molecule has 0 spiro atoms. The maximum Gasteiger partial charge on any atom is 1.00 e. The molecule has 0 aromatic rings. The first-order chi connectivity index (χ1) is 7.19. The summed E-state index contributed by atoms with van der Waals surface area (Å²) in [5.41, 5.74) is 0. The number of unbranched alkanes of at least 4 members (excludes halogenated alkanes) is 4. The van der Waals surface area contributed by atoms with E-state index >= 15 is 0 Å². The van der Waals surface area contributed by atoms with E-state index in [-0.39, 0.29) is 37.4 Å². The molecular formula is C8H19NaO6S2. The van der Waals surface area contributed by atoms with Crippen LogP contribution in [0.3, 0.4) is 0 Å². The van der Waals surface area contributed by atoms with Gasteiger partial charge in [0.2, 0.25) is 4.58 Å². The summed E-state index contributed by atoms with van der Waals surface area (Å²) in [6.07, 6.45) is 3.61. The monoisotopic (exact) mass is 298 g/mol. The van der Waals surface area contributed by atoms with Gasteiger partial charge >= 0.3 is 29.6 Å². The summed E-state index contributed by atoms with van der Waals surface area (Å²) in [6.45, 7) is 2.01. The van der Waals surface area contributed by atoms with Crippen LogP contribution in [0.4, 0.5) is 0 Å². The summed E-state index contributed by atoms with van der Waals surface area (Å²) in [6, 6.07) is 0. The molecule has 0 aromatic carbocycles. The van der Waals surface area contributed by atoms with Crippen LogP contribution in [0.25, 0.3) is 0 Å². The van der Waals surface area contributed by atoms with E-state index < -0.39 is 24.8 Å². The van der Waals surface area contributed by atoms with Crippen LogP contribution in [0, 0.1) is 0 Å². The number of hydrogen-bond acceptors (Lipinski definition) is 4. The molecule has 0 saturated carbocycles. The summed E-state index contributed by atoms with van der Waals surface area (Å²) in [4.78, 5) is 0. The summed E-state index contributed by atoms with van der Waals surface area (Å²) in [5, 5.41) is 0. The van der Waals surface area contributed by atoms with Gasteiger partial charge in [0.05, 0.1) is 0 Å².